The lowest BCUT2D eigenvalue weighted by Crippen LogP contribution is -2.38. The van der Waals surface area contributed by atoms with Crippen molar-refractivity contribution in [2.24, 2.45) is 0 Å². The molecule has 0 spiro atoms. The van der Waals surface area contributed by atoms with E-state index in [-0.39, 0.29) is 12.1 Å². The maximum absolute atomic E-state index is 14.1. The Morgan fingerprint density at radius 1 is 0.897 bits per heavy atom. The first-order chi connectivity index (χ1) is 19.1. The van der Waals surface area contributed by atoms with Crippen molar-refractivity contribution < 1.29 is 14.3 Å². The maximum atomic E-state index is 14.1. The topological polar surface area (TPSA) is 73.5 Å². The average Bonchev–Trinajstić information content (AvgIpc) is 3.54. The third-order valence-corrected chi connectivity index (χ3v) is 7.10. The summed E-state index contributed by atoms with van der Waals surface area (Å²) in [6.45, 7) is 2.35. The molecule has 0 unspecified atom stereocenters. The molecule has 1 atom stereocenters. The fourth-order valence-corrected chi connectivity index (χ4v) is 5.18. The van der Waals surface area contributed by atoms with Crippen LogP contribution in [0.15, 0.2) is 97.2 Å². The van der Waals surface area contributed by atoms with E-state index >= 15 is 0 Å². The summed E-state index contributed by atoms with van der Waals surface area (Å²) in [5.74, 6) is 2.38. The van der Waals surface area contributed by atoms with Crippen molar-refractivity contribution in [2.45, 2.75) is 19.5 Å². The normalized spacial score (nSPS) is 14.2. The molecule has 3 heterocycles. The Labute approximate surface area is 227 Å². The summed E-state index contributed by atoms with van der Waals surface area (Å²) >= 11 is 0. The molecule has 2 aromatic heterocycles. The van der Waals surface area contributed by atoms with Crippen molar-refractivity contribution in [2.75, 3.05) is 19.5 Å². The van der Waals surface area contributed by atoms with Crippen LogP contribution in [0.1, 0.15) is 28.6 Å². The smallest absolute Gasteiger partial charge is 0.322 e. The van der Waals surface area contributed by atoms with Crippen molar-refractivity contribution in [3.8, 4) is 23.0 Å². The number of anilines is 1. The second-order valence-corrected chi connectivity index (χ2v) is 9.40. The summed E-state index contributed by atoms with van der Waals surface area (Å²) in [5, 5.41) is 8.00. The van der Waals surface area contributed by atoms with Crippen molar-refractivity contribution in [1.82, 2.24) is 19.2 Å². The molecule has 0 saturated carbocycles. The first-order valence-corrected chi connectivity index (χ1v) is 12.7. The third-order valence-electron chi connectivity index (χ3n) is 7.10. The molecule has 3 aromatic carbocycles. The SMILES string of the molecule is COc1ccc(NC(=O)N2Cc3c(C)nn(-c4ccccc4)c3-n3cccc3[C@@H]2c2cccc(OC)c2)cc1. The third kappa shape index (κ3) is 4.40. The van der Waals surface area contributed by atoms with Crippen molar-refractivity contribution in [3.63, 3.8) is 0 Å². The zero-order valence-electron chi connectivity index (χ0n) is 22.0. The second kappa shape index (κ2) is 10.1. The van der Waals surface area contributed by atoms with E-state index in [1.807, 2.05) is 108 Å². The van der Waals surface area contributed by atoms with Crippen LogP contribution < -0.4 is 14.8 Å². The summed E-state index contributed by atoms with van der Waals surface area (Å²) in [6.07, 6.45) is 2.03. The number of para-hydroxylation sites is 1. The number of rotatable bonds is 5. The molecule has 1 aliphatic rings. The van der Waals surface area contributed by atoms with Crippen molar-refractivity contribution in [1.29, 1.82) is 0 Å². The number of methoxy groups -OCH3 is 2. The number of fused-ring (bicyclic) bond motifs is 3. The molecule has 8 heteroatoms. The van der Waals surface area contributed by atoms with E-state index in [1.165, 1.54) is 0 Å². The van der Waals surface area contributed by atoms with Gasteiger partial charge in [0.2, 0.25) is 0 Å². The number of nitrogens with one attached hydrogen (secondary N) is 1. The first-order valence-electron chi connectivity index (χ1n) is 12.7. The number of nitrogens with zero attached hydrogens (tertiary/aromatic N) is 4. The van der Waals surface area contributed by atoms with Crippen LogP contribution in [0.5, 0.6) is 11.5 Å². The highest BCUT2D eigenvalue weighted by molar-refractivity contribution is 5.90. The van der Waals surface area contributed by atoms with Gasteiger partial charge in [-0.15, -0.1) is 0 Å². The molecule has 0 radical (unpaired) electrons. The van der Waals surface area contributed by atoms with Gasteiger partial charge in [0.15, 0.2) is 0 Å². The standard InChI is InChI=1S/C31H29N5O3/c1-21-27-20-35(31(37)32-23-14-16-25(38-2)17-15-23)29(22-9-7-12-26(19-22)39-3)28-13-8-18-34(28)30(27)36(33-21)24-10-5-4-6-11-24/h4-19,29H,20H2,1-3H3,(H,32,37)/t29-/m0/s1. The Morgan fingerprint density at radius 2 is 1.67 bits per heavy atom. The molecule has 6 rings (SSSR count). The molecule has 0 bridgehead atoms. The molecule has 8 nitrogen and oxygen atoms in total. The van der Waals surface area contributed by atoms with E-state index in [0.717, 1.165) is 45.5 Å². The van der Waals surface area contributed by atoms with E-state index in [2.05, 4.69) is 16.0 Å². The number of hydrogen-bond acceptors (Lipinski definition) is 4. The van der Waals surface area contributed by atoms with E-state index < -0.39 is 0 Å². The molecule has 39 heavy (non-hydrogen) atoms. The van der Waals surface area contributed by atoms with Gasteiger partial charge in [-0.25, -0.2) is 9.48 Å². The summed E-state index contributed by atoms with van der Waals surface area (Å²) in [6, 6.07) is 28.7. The van der Waals surface area contributed by atoms with Gasteiger partial charge in [-0.1, -0.05) is 30.3 Å². The highest BCUT2D eigenvalue weighted by atomic mass is 16.5. The van der Waals surface area contributed by atoms with Crippen LogP contribution in [0.2, 0.25) is 0 Å². The highest BCUT2D eigenvalue weighted by Crippen LogP contribution is 2.39. The maximum Gasteiger partial charge on any atom is 0.322 e. The van der Waals surface area contributed by atoms with Crippen LogP contribution >= 0.6 is 0 Å². The van der Waals surface area contributed by atoms with Gasteiger partial charge in [-0.2, -0.15) is 5.10 Å². The number of aryl methyl sites for hydroxylation is 1. The highest BCUT2D eigenvalue weighted by Gasteiger charge is 2.36. The largest absolute Gasteiger partial charge is 0.497 e. The van der Waals surface area contributed by atoms with Gasteiger partial charge in [0.05, 0.1) is 43.9 Å². The number of carbonyl (C=O) groups is 1. The lowest BCUT2D eigenvalue weighted by atomic mass is 10.0. The molecular formula is C31H29N5O3. The van der Waals surface area contributed by atoms with Gasteiger partial charge < -0.3 is 24.3 Å². The number of urea groups is 1. The van der Waals surface area contributed by atoms with E-state index in [0.29, 0.717) is 12.2 Å². The van der Waals surface area contributed by atoms with Crippen LogP contribution in [-0.2, 0) is 6.54 Å². The molecule has 5 aromatic rings. The minimum absolute atomic E-state index is 0.222. The fraction of sp³-hybridized carbons (Fsp3) is 0.161. The van der Waals surface area contributed by atoms with Gasteiger partial charge in [0.25, 0.3) is 0 Å². The van der Waals surface area contributed by atoms with Crippen LogP contribution in [0.25, 0.3) is 11.5 Å². The predicted molar refractivity (Wildman–Crippen MR) is 150 cm³/mol. The van der Waals surface area contributed by atoms with Crippen molar-refractivity contribution >= 4 is 11.7 Å². The molecule has 0 fully saturated rings. The lowest BCUT2D eigenvalue weighted by molar-refractivity contribution is 0.194. The zero-order valence-corrected chi connectivity index (χ0v) is 22.0. The number of ether oxygens (including phenoxy) is 2. The van der Waals surface area contributed by atoms with Crippen LogP contribution in [0.4, 0.5) is 10.5 Å². The molecule has 1 N–H and O–H groups in total. The minimum atomic E-state index is -0.385. The van der Waals surface area contributed by atoms with Gasteiger partial charge in [0.1, 0.15) is 17.3 Å². The summed E-state index contributed by atoms with van der Waals surface area (Å²) < 4.78 is 14.9. The summed E-state index contributed by atoms with van der Waals surface area (Å²) in [7, 11) is 3.27. The second-order valence-electron chi connectivity index (χ2n) is 9.40. The minimum Gasteiger partial charge on any atom is -0.497 e. The summed E-state index contributed by atoms with van der Waals surface area (Å²) in [5.41, 5.74) is 5.37. The van der Waals surface area contributed by atoms with Crippen molar-refractivity contribution in [3.05, 3.63) is 120 Å². The Balaban J connectivity index is 1.51. The Morgan fingerprint density at radius 3 is 2.41 bits per heavy atom. The summed E-state index contributed by atoms with van der Waals surface area (Å²) in [4.78, 5) is 15.9. The molecule has 196 valence electrons. The van der Waals surface area contributed by atoms with Crippen LogP contribution in [-0.4, -0.2) is 39.5 Å². The number of amides is 2. The molecule has 1 aliphatic heterocycles. The van der Waals surface area contributed by atoms with Gasteiger partial charge >= 0.3 is 6.03 Å². The monoisotopic (exact) mass is 519 g/mol. The van der Waals surface area contributed by atoms with Gasteiger partial charge in [-0.3, -0.25) is 0 Å². The fourth-order valence-electron chi connectivity index (χ4n) is 5.18. The Kier molecular flexibility index (Phi) is 6.28. The number of carbonyl (C=O) groups excluding carboxylic acids is 1. The quantitative estimate of drug-likeness (QED) is 0.303. The molecule has 2 amide bonds. The predicted octanol–water partition coefficient (Wildman–Crippen LogP) is 6.13. The van der Waals surface area contributed by atoms with Gasteiger partial charge in [0, 0.05) is 17.4 Å². The van der Waals surface area contributed by atoms with E-state index in [4.69, 9.17) is 14.6 Å². The molecule has 0 aliphatic carbocycles. The number of hydrogen-bond donors (Lipinski definition) is 1. The molecular weight excluding hydrogens is 490 g/mol. The van der Waals surface area contributed by atoms with Gasteiger partial charge in [-0.05, 0) is 73.2 Å². The lowest BCUT2D eigenvalue weighted by Gasteiger charge is -2.31. The molecule has 0 saturated heterocycles. The average molecular weight is 520 g/mol. The van der Waals surface area contributed by atoms with E-state index in [1.54, 1.807) is 14.2 Å². The van der Waals surface area contributed by atoms with Crippen LogP contribution in [0, 0.1) is 6.92 Å². The Bertz CT molecular complexity index is 1620. The number of benzene rings is 3. The van der Waals surface area contributed by atoms with Crippen LogP contribution in [0.3, 0.4) is 0 Å². The van der Waals surface area contributed by atoms with E-state index in [9.17, 15) is 4.79 Å². The number of aromatic nitrogens is 3. The Hall–Kier alpha value is -4.98. The zero-order chi connectivity index (χ0) is 26.9. The first kappa shape index (κ1) is 24.4.